The number of phosphoric ester groups is 1. The molecule has 0 saturated heterocycles. The summed E-state index contributed by atoms with van der Waals surface area (Å²) in [5.74, 6) is -1.51. The number of carbonyl (C=O) groups excluding carboxylic acids is 2. The second-order valence-electron chi connectivity index (χ2n) is 17.4. The van der Waals surface area contributed by atoms with Gasteiger partial charge in [-0.25, -0.2) is 0 Å². The maximum atomic E-state index is 12.9. The Balaban J connectivity index is 2.50. The van der Waals surface area contributed by atoms with Crippen LogP contribution in [0.15, 0.2) is 36.6 Å². The fourth-order valence-corrected chi connectivity index (χ4v) is 7.76. The first-order valence-electron chi connectivity index (χ1n) is 22.9. The van der Waals surface area contributed by atoms with Gasteiger partial charge in [0.25, 0.3) is 7.82 Å². The number of phosphoric acid groups is 1. The van der Waals surface area contributed by atoms with Crippen LogP contribution in [-0.2, 0) is 32.7 Å². The normalized spacial score (nSPS) is 20.8. The van der Waals surface area contributed by atoms with Crippen molar-refractivity contribution in [1.82, 2.24) is 0 Å². The van der Waals surface area contributed by atoms with E-state index >= 15 is 0 Å². The van der Waals surface area contributed by atoms with Gasteiger partial charge in [-0.05, 0) is 63.9 Å². The number of quaternary nitrogens is 1. The van der Waals surface area contributed by atoms with Gasteiger partial charge in [0, 0.05) is 37.5 Å². The molecule has 0 aliphatic heterocycles. The van der Waals surface area contributed by atoms with Crippen LogP contribution in [-0.4, -0.2) is 103 Å². The van der Waals surface area contributed by atoms with Gasteiger partial charge in [-0.1, -0.05) is 102 Å². The molecule has 1 fully saturated rings. The Morgan fingerprint density at radius 2 is 1.37 bits per heavy atom. The van der Waals surface area contributed by atoms with E-state index in [4.69, 9.17) is 18.5 Å². The first-order chi connectivity index (χ1) is 28.2. The molecule has 7 atom stereocenters. The lowest BCUT2D eigenvalue weighted by Gasteiger charge is -2.28. The van der Waals surface area contributed by atoms with Crippen LogP contribution in [0, 0.1) is 11.8 Å². The van der Waals surface area contributed by atoms with Crippen molar-refractivity contribution >= 4 is 19.6 Å². The van der Waals surface area contributed by atoms with Gasteiger partial charge >= 0.3 is 5.97 Å². The van der Waals surface area contributed by atoms with E-state index < -0.39 is 56.7 Å². The largest absolute Gasteiger partial charge is 0.756 e. The van der Waals surface area contributed by atoms with Crippen molar-refractivity contribution < 1.29 is 57.4 Å². The van der Waals surface area contributed by atoms with Crippen molar-refractivity contribution in [2.45, 2.75) is 186 Å². The minimum atomic E-state index is -4.65. The molecule has 0 spiro atoms. The molecule has 0 aromatic heterocycles. The highest BCUT2D eigenvalue weighted by atomic mass is 31.2. The summed E-state index contributed by atoms with van der Waals surface area (Å²) in [7, 11) is 1.09. The van der Waals surface area contributed by atoms with Crippen molar-refractivity contribution in [3.05, 3.63) is 36.6 Å². The predicted octanol–water partition coefficient (Wildman–Crippen LogP) is 8.66. The second kappa shape index (κ2) is 33.7. The first kappa shape index (κ1) is 55.1. The molecule has 0 aromatic rings. The van der Waals surface area contributed by atoms with Gasteiger partial charge in [0.2, 0.25) is 0 Å². The number of hydrogen-bond acceptors (Lipinski definition) is 11. The number of ketones is 1. The average Bonchev–Trinajstić information content (AvgIpc) is 3.43. The summed E-state index contributed by atoms with van der Waals surface area (Å²) < 4.78 is 34.2. The van der Waals surface area contributed by atoms with Gasteiger partial charge in [0.15, 0.2) is 6.10 Å². The lowest BCUT2D eigenvalue weighted by Crippen LogP contribution is -2.37. The smallest absolute Gasteiger partial charge is 0.306 e. The minimum Gasteiger partial charge on any atom is -0.756 e. The van der Waals surface area contributed by atoms with Crippen LogP contribution in [0.4, 0.5) is 0 Å². The molecule has 3 N–H and O–H groups in total. The molecule has 1 unspecified atom stereocenters. The Labute approximate surface area is 358 Å². The van der Waals surface area contributed by atoms with Crippen molar-refractivity contribution in [2.75, 3.05) is 47.5 Å². The highest BCUT2D eigenvalue weighted by Crippen LogP contribution is 2.39. The number of esters is 1. The molecule has 1 rings (SSSR count). The van der Waals surface area contributed by atoms with Gasteiger partial charge in [-0.3, -0.25) is 14.2 Å². The third-order valence-corrected chi connectivity index (χ3v) is 11.7. The van der Waals surface area contributed by atoms with Crippen LogP contribution in [0.3, 0.4) is 0 Å². The number of allylic oxidation sites excluding steroid dienone is 3. The Hall–Kier alpha value is -1.89. The van der Waals surface area contributed by atoms with Crippen molar-refractivity contribution in [2.24, 2.45) is 11.8 Å². The molecule has 0 amide bonds. The molecule has 1 aliphatic rings. The number of unbranched alkanes of at least 4 members (excludes halogenated alkanes) is 14. The Kier molecular flexibility index (Phi) is 31.5. The van der Waals surface area contributed by atoms with Gasteiger partial charge in [0.05, 0.1) is 52.3 Å². The zero-order chi connectivity index (χ0) is 43.8. The zero-order valence-corrected chi connectivity index (χ0v) is 38.4. The highest BCUT2D eigenvalue weighted by molar-refractivity contribution is 7.45. The van der Waals surface area contributed by atoms with E-state index in [2.05, 4.69) is 26.0 Å². The predicted molar refractivity (Wildman–Crippen MR) is 233 cm³/mol. The molecule has 0 bridgehead atoms. The van der Waals surface area contributed by atoms with Crippen molar-refractivity contribution in [3.8, 4) is 0 Å². The van der Waals surface area contributed by atoms with E-state index in [1.165, 1.54) is 57.8 Å². The summed E-state index contributed by atoms with van der Waals surface area (Å²) in [6.45, 7) is 4.17. The summed E-state index contributed by atoms with van der Waals surface area (Å²) >= 11 is 0. The lowest BCUT2D eigenvalue weighted by molar-refractivity contribution is -0.870. The summed E-state index contributed by atoms with van der Waals surface area (Å²) in [6.07, 6.45) is 28.7. The molecular weight excluding hydrogens is 773 g/mol. The number of nitrogens with zero attached hydrogens (tertiary/aromatic N) is 1. The fraction of sp³-hybridized carbons (Fsp3) is 0.826. The molecule has 59 heavy (non-hydrogen) atoms. The molecule has 0 radical (unpaired) electrons. The Morgan fingerprint density at radius 1 is 0.780 bits per heavy atom. The summed E-state index contributed by atoms with van der Waals surface area (Å²) in [6, 6.07) is 0. The van der Waals surface area contributed by atoms with Gasteiger partial charge < -0.3 is 43.2 Å². The second-order valence-corrected chi connectivity index (χ2v) is 18.8. The third kappa shape index (κ3) is 30.7. The number of ether oxygens (including phenoxy) is 2. The molecule has 344 valence electrons. The quantitative estimate of drug-likeness (QED) is 0.0136. The van der Waals surface area contributed by atoms with E-state index in [0.717, 1.165) is 44.9 Å². The number of rotatable bonds is 38. The SMILES string of the molecule is CCCCCC/C=C\CCCCCCCC/C=C/OC[C@H](COP(=O)([O-])OCC[N+](C)(C)C)OC(=O)CCCCC(=O)C[C@@H]1[C@@H](/C=C/[C@@H](O)CCCCC)[C@H](O)C[C@@H]1O. The molecular formula is C46H84NO11P. The molecule has 1 aliphatic carbocycles. The van der Waals surface area contributed by atoms with Crippen LogP contribution in [0.25, 0.3) is 0 Å². The summed E-state index contributed by atoms with van der Waals surface area (Å²) in [5.41, 5.74) is 0. The molecule has 0 heterocycles. The third-order valence-electron chi connectivity index (χ3n) is 10.7. The van der Waals surface area contributed by atoms with Crippen LogP contribution in [0.5, 0.6) is 0 Å². The van der Waals surface area contributed by atoms with Crippen molar-refractivity contribution in [1.29, 1.82) is 0 Å². The summed E-state index contributed by atoms with van der Waals surface area (Å²) in [4.78, 5) is 38.1. The van der Waals surface area contributed by atoms with Gasteiger partial charge in [0.1, 0.15) is 25.5 Å². The minimum absolute atomic E-state index is 0.0104. The summed E-state index contributed by atoms with van der Waals surface area (Å²) in [5, 5.41) is 31.4. The van der Waals surface area contributed by atoms with Crippen LogP contribution in [0.1, 0.15) is 162 Å². The van der Waals surface area contributed by atoms with Crippen LogP contribution in [0.2, 0.25) is 0 Å². The van der Waals surface area contributed by atoms with E-state index in [9.17, 15) is 34.4 Å². The highest BCUT2D eigenvalue weighted by Gasteiger charge is 2.41. The standard InChI is InChI=1S/C46H84NO11P/c1-6-8-10-11-12-13-14-15-16-17-18-19-20-21-22-26-33-55-37-41(38-57-59(53,54)56-34-32-47(3,4)5)58-46(52)29-25-24-28-40(49)35-43-42(44(50)36-45(43)51)31-30-39(48)27-23-9-7-2/h13-14,26,30-31,33,39,41-45,48,50-51H,6-12,15-25,27-29,32,34-38H2,1-5H3/b14-13-,31-30+,33-26+/t39-,41+,42+,43+,44+,45-/m0/s1. The Bertz CT molecular complexity index is 1220. The van der Waals surface area contributed by atoms with E-state index in [1.807, 2.05) is 27.2 Å². The van der Waals surface area contributed by atoms with Gasteiger partial charge in [-0.2, -0.15) is 0 Å². The Morgan fingerprint density at radius 3 is 2.02 bits per heavy atom. The maximum Gasteiger partial charge on any atom is 0.306 e. The van der Waals surface area contributed by atoms with Crippen molar-refractivity contribution in [3.63, 3.8) is 0 Å². The van der Waals surface area contributed by atoms with Crippen LogP contribution < -0.4 is 4.89 Å². The monoisotopic (exact) mass is 858 g/mol. The number of aliphatic hydroxyl groups excluding tert-OH is 3. The maximum absolute atomic E-state index is 12.9. The molecule has 13 heteroatoms. The number of hydrogen-bond donors (Lipinski definition) is 3. The number of likely N-dealkylation sites (N-methyl/N-ethyl adjacent to an activating group) is 1. The van der Waals surface area contributed by atoms with E-state index in [-0.39, 0.29) is 44.7 Å². The van der Waals surface area contributed by atoms with E-state index in [1.54, 1.807) is 18.4 Å². The number of aliphatic hydroxyl groups is 3. The van der Waals surface area contributed by atoms with Gasteiger partial charge in [-0.15, -0.1) is 0 Å². The average molecular weight is 858 g/mol. The molecule has 1 saturated carbocycles. The molecule has 12 nitrogen and oxygen atoms in total. The zero-order valence-electron chi connectivity index (χ0n) is 37.5. The van der Waals surface area contributed by atoms with Crippen LogP contribution >= 0.6 is 7.82 Å². The molecule has 0 aromatic carbocycles. The topological polar surface area (TPSA) is 172 Å². The number of Topliss-reactive ketones (excluding diaryl/α,β-unsaturated/α-hetero) is 1. The lowest BCUT2D eigenvalue weighted by atomic mass is 9.87. The number of carbonyl (C=O) groups is 2. The first-order valence-corrected chi connectivity index (χ1v) is 24.4. The van der Waals surface area contributed by atoms with E-state index in [0.29, 0.717) is 30.3 Å². The fourth-order valence-electron chi connectivity index (χ4n) is 7.03.